The van der Waals surface area contributed by atoms with Crippen molar-refractivity contribution in [2.75, 3.05) is 20.7 Å². The summed E-state index contributed by atoms with van der Waals surface area (Å²) in [5.74, 6) is -0.762. The smallest absolute Gasteiger partial charge is 0.333 e. The summed E-state index contributed by atoms with van der Waals surface area (Å²) in [5, 5.41) is 6.25. The molecule has 0 fully saturated rings. The molecule has 0 saturated heterocycles. The molecule has 0 aromatic heterocycles. The van der Waals surface area contributed by atoms with Gasteiger partial charge in [0, 0.05) is 26.1 Å². The molecular weight excluding hydrogens is 518 g/mol. The van der Waals surface area contributed by atoms with Crippen molar-refractivity contribution in [2.45, 2.75) is 105 Å². The molecule has 0 radical (unpaired) electrons. The van der Waals surface area contributed by atoms with Crippen LogP contribution in [0.4, 0.5) is 0 Å². The topological polar surface area (TPSA) is 87.7 Å². The summed E-state index contributed by atoms with van der Waals surface area (Å²) in [5.41, 5.74) is 0.433. The molecule has 1 aromatic rings. The lowest BCUT2D eigenvalue weighted by atomic mass is 9.76. The van der Waals surface area contributed by atoms with Gasteiger partial charge < -0.3 is 20.3 Å². The van der Waals surface area contributed by atoms with Gasteiger partial charge in [0.2, 0.25) is 11.8 Å². The third-order valence-electron chi connectivity index (χ3n) is 7.50. The number of amides is 2. The molecule has 226 valence electrons. The van der Waals surface area contributed by atoms with Crippen LogP contribution in [0.2, 0.25) is 25.7 Å². The van der Waals surface area contributed by atoms with Gasteiger partial charge in [-0.3, -0.25) is 9.59 Å². The molecule has 0 heterocycles. The van der Waals surface area contributed by atoms with Gasteiger partial charge >= 0.3 is 5.97 Å². The monoisotopic (exact) mass is 573 g/mol. The van der Waals surface area contributed by atoms with Gasteiger partial charge in [-0.25, -0.2) is 4.79 Å². The summed E-state index contributed by atoms with van der Waals surface area (Å²) in [6.45, 7) is 22.8. The van der Waals surface area contributed by atoms with Gasteiger partial charge in [0.1, 0.15) is 6.04 Å². The second kappa shape index (κ2) is 14.4. The van der Waals surface area contributed by atoms with Crippen LogP contribution >= 0.6 is 0 Å². The zero-order chi connectivity index (χ0) is 31.1. The van der Waals surface area contributed by atoms with Gasteiger partial charge in [0.15, 0.2) is 0 Å². The highest BCUT2D eigenvalue weighted by Crippen LogP contribution is 2.29. The van der Waals surface area contributed by atoms with Gasteiger partial charge in [0.25, 0.3) is 0 Å². The Kier molecular flexibility index (Phi) is 12.8. The van der Waals surface area contributed by atoms with E-state index in [2.05, 4.69) is 30.3 Å². The second-order valence-corrected chi connectivity index (χ2v) is 19.7. The van der Waals surface area contributed by atoms with Crippen molar-refractivity contribution in [1.29, 1.82) is 0 Å². The first-order valence-electron chi connectivity index (χ1n) is 14.4. The lowest BCUT2D eigenvalue weighted by Gasteiger charge is -2.40. The average Bonchev–Trinajstić information content (AvgIpc) is 2.83. The van der Waals surface area contributed by atoms with Crippen molar-refractivity contribution in [3.05, 3.63) is 47.5 Å². The standard InChI is InChI=1S/C32H55N3O4Si/c1-22(2)25(21-23(3)30(38)39-19-20-40(11,12)13)35(10)29(37)27(31(4,5)6)34-28(36)26(33-9)32(7,8)24-17-15-14-16-18-24/h14-18,21-22,25-27,33H,19-20H2,1-13H3,(H,34,36)/b23-21+/t25-,26-,27-/m1/s1. The van der Waals surface area contributed by atoms with E-state index in [4.69, 9.17) is 4.74 Å². The van der Waals surface area contributed by atoms with Crippen LogP contribution in [0, 0.1) is 11.3 Å². The number of likely N-dealkylation sites (N-methyl/N-ethyl adjacent to an activating group) is 2. The summed E-state index contributed by atoms with van der Waals surface area (Å²) in [4.78, 5) is 42.0. The van der Waals surface area contributed by atoms with Crippen molar-refractivity contribution in [3.63, 3.8) is 0 Å². The minimum absolute atomic E-state index is 0.0390. The Hall–Kier alpha value is -2.45. The lowest BCUT2D eigenvalue weighted by Crippen LogP contribution is -2.61. The molecule has 0 aliphatic rings. The average molecular weight is 574 g/mol. The van der Waals surface area contributed by atoms with Crippen LogP contribution in [0.5, 0.6) is 0 Å². The van der Waals surface area contributed by atoms with Crippen molar-refractivity contribution in [1.82, 2.24) is 15.5 Å². The third-order valence-corrected chi connectivity index (χ3v) is 9.20. The summed E-state index contributed by atoms with van der Waals surface area (Å²) in [6, 6.07) is 9.11. The Bertz CT molecular complexity index is 1020. The van der Waals surface area contributed by atoms with E-state index in [9.17, 15) is 14.4 Å². The molecule has 1 aromatic carbocycles. The molecule has 0 aliphatic carbocycles. The van der Waals surface area contributed by atoms with Crippen LogP contribution in [0.25, 0.3) is 0 Å². The first-order valence-corrected chi connectivity index (χ1v) is 18.1. The van der Waals surface area contributed by atoms with Gasteiger partial charge in [-0.05, 0) is 36.9 Å². The van der Waals surface area contributed by atoms with Crippen LogP contribution in [0.15, 0.2) is 42.0 Å². The van der Waals surface area contributed by atoms with Crippen molar-refractivity contribution < 1.29 is 19.1 Å². The number of hydrogen-bond acceptors (Lipinski definition) is 5. The Morgan fingerprint density at radius 3 is 2.00 bits per heavy atom. The summed E-state index contributed by atoms with van der Waals surface area (Å²) >= 11 is 0. The molecule has 2 amide bonds. The van der Waals surface area contributed by atoms with Gasteiger partial charge in [-0.1, -0.05) is 105 Å². The molecule has 7 nitrogen and oxygen atoms in total. The SMILES string of the molecule is CN[C@H](C(=O)N[C@H](C(=O)N(C)[C@H](/C=C(\C)C(=O)OCC[Si](C)(C)C)C(C)C)C(C)(C)C)C(C)(C)c1ccccc1. The summed E-state index contributed by atoms with van der Waals surface area (Å²) < 4.78 is 5.52. The minimum atomic E-state index is -1.32. The molecule has 8 heteroatoms. The number of rotatable bonds is 13. The molecule has 0 bridgehead atoms. The summed E-state index contributed by atoms with van der Waals surface area (Å²) in [6.07, 6.45) is 1.82. The molecule has 3 atom stereocenters. The number of carbonyl (C=O) groups is 3. The number of ether oxygens (including phenoxy) is 1. The van der Waals surface area contributed by atoms with Crippen molar-refractivity contribution in [2.24, 2.45) is 11.3 Å². The molecule has 40 heavy (non-hydrogen) atoms. The quantitative estimate of drug-likeness (QED) is 0.188. The predicted octanol–water partition coefficient (Wildman–Crippen LogP) is 5.39. The first-order chi connectivity index (χ1) is 18.2. The van der Waals surface area contributed by atoms with Crippen LogP contribution in [0.3, 0.4) is 0 Å². The number of hydrogen-bond donors (Lipinski definition) is 2. The Morgan fingerprint density at radius 1 is 1.00 bits per heavy atom. The molecular formula is C32H55N3O4Si. The molecule has 2 N–H and O–H groups in total. The lowest BCUT2D eigenvalue weighted by molar-refractivity contribution is -0.141. The molecule has 0 saturated carbocycles. The maximum absolute atomic E-state index is 14.0. The van der Waals surface area contributed by atoms with Crippen molar-refractivity contribution >= 4 is 25.9 Å². The Labute approximate surface area is 244 Å². The number of esters is 1. The molecule has 1 rings (SSSR count). The largest absolute Gasteiger partial charge is 0.463 e. The maximum Gasteiger partial charge on any atom is 0.333 e. The Morgan fingerprint density at radius 2 is 1.55 bits per heavy atom. The van der Waals surface area contributed by atoms with Gasteiger partial charge in [-0.15, -0.1) is 0 Å². The maximum atomic E-state index is 14.0. The predicted molar refractivity (Wildman–Crippen MR) is 168 cm³/mol. The fraction of sp³-hybridized carbons (Fsp3) is 0.656. The number of benzene rings is 1. The van der Waals surface area contributed by atoms with E-state index < -0.39 is 31.0 Å². The molecule has 0 aliphatic heterocycles. The highest BCUT2D eigenvalue weighted by molar-refractivity contribution is 6.76. The van der Waals surface area contributed by atoms with E-state index in [1.807, 2.05) is 84.9 Å². The zero-order valence-electron chi connectivity index (χ0n) is 27.3. The fourth-order valence-electron chi connectivity index (χ4n) is 4.72. The number of nitrogens with one attached hydrogen (secondary N) is 2. The van der Waals surface area contributed by atoms with Gasteiger partial charge in [-0.2, -0.15) is 0 Å². The van der Waals surface area contributed by atoms with Crippen LogP contribution in [-0.2, 0) is 24.5 Å². The van der Waals surface area contributed by atoms with Crippen LogP contribution in [0.1, 0.15) is 61.0 Å². The normalized spacial score (nSPS) is 15.3. The fourth-order valence-corrected chi connectivity index (χ4v) is 5.43. The zero-order valence-corrected chi connectivity index (χ0v) is 28.3. The van der Waals surface area contributed by atoms with Crippen molar-refractivity contribution in [3.8, 4) is 0 Å². The molecule has 0 spiro atoms. The second-order valence-electron chi connectivity index (χ2n) is 14.1. The van der Waals surface area contributed by atoms with E-state index in [0.717, 1.165) is 11.6 Å². The van der Waals surface area contributed by atoms with E-state index in [1.165, 1.54) is 0 Å². The summed E-state index contributed by atoms with van der Waals surface area (Å²) in [7, 11) is 2.19. The van der Waals surface area contributed by atoms with E-state index in [0.29, 0.717) is 12.2 Å². The van der Waals surface area contributed by atoms with Crippen LogP contribution < -0.4 is 10.6 Å². The van der Waals surface area contributed by atoms with Gasteiger partial charge in [0.05, 0.1) is 18.7 Å². The Balaban J connectivity index is 3.21. The minimum Gasteiger partial charge on any atom is -0.463 e. The molecule has 0 unspecified atom stereocenters. The first kappa shape index (κ1) is 35.6. The highest BCUT2D eigenvalue weighted by Gasteiger charge is 2.41. The van der Waals surface area contributed by atoms with E-state index in [1.54, 1.807) is 25.9 Å². The third kappa shape index (κ3) is 10.2. The van der Waals surface area contributed by atoms with Crippen LogP contribution in [-0.4, -0.2) is 69.6 Å². The highest BCUT2D eigenvalue weighted by atomic mass is 28.3. The van der Waals surface area contributed by atoms with E-state index >= 15 is 0 Å². The van der Waals surface area contributed by atoms with E-state index in [-0.39, 0.29) is 29.7 Å². The number of nitrogens with zero attached hydrogens (tertiary/aromatic N) is 1. The number of carbonyl (C=O) groups excluding carboxylic acids is 3.